The Hall–Kier alpha value is -2.86. The Morgan fingerprint density at radius 1 is 1.23 bits per heavy atom. The first-order valence-electron chi connectivity index (χ1n) is 13.5. The molecule has 1 aliphatic carbocycles. The van der Waals surface area contributed by atoms with Crippen molar-refractivity contribution in [1.82, 2.24) is 25.3 Å². The standard InChI is InChI=1S/C28H35ClF2N6O3/c1-15-25(24-16(2)36-40-17(24)3)34-27(21-11-20(7-8-22(21)29)39-13-19(38)12-32-4)35-26(15)33-23-9-10-37(18-5-6-18)14-28(23,30)31/h7-8,11,18-19,23,32,38H,5-6,9-10,12-14H2,1-4H3,(H,33,34,35). The number of halogens is 3. The third-order valence-corrected chi connectivity index (χ3v) is 7.81. The number of piperidine rings is 1. The van der Waals surface area contributed by atoms with Crippen molar-refractivity contribution in [1.29, 1.82) is 0 Å². The first kappa shape index (κ1) is 28.7. The second kappa shape index (κ2) is 11.6. The fraction of sp³-hybridized carbons (Fsp3) is 0.536. The zero-order chi connectivity index (χ0) is 28.6. The molecule has 2 aliphatic rings. The Bertz CT molecular complexity index is 1350. The monoisotopic (exact) mass is 576 g/mol. The Balaban J connectivity index is 1.52. The topological polar surface area (TPSA) is 109 Å². The highest BCUT2D eigenvalue weighted by molar-refractivity contribution is 6.33. The van der Waals surface area contributed by atoms with Crippen molar-refractivity contribution in [2.24, 2.45) is 0 Å². The van der Waals surface area contributed by atoms with E-state index in [1.807, 2.05) is 4.90 Å². The summed E-state index contributed by atoms with van der Waals surface area (Å²) in [5, 5.41) is 20.4. The van der Waals surface area contributed by atoms with Gasteiger partial charge in [-0.3, -0.25) is 4.90 Å². The van der Waals surface area contributed by atoms with Crippen molar-refractivity contribution in [2.45, 2.75) is 64.1 Å². The van der Waals surface area contributed by atoms with Gasteiger partial charge in [0.1, 0.15) is 30.0 Å². The van der Waals surface area contributed by atoms with Crippen LogP contribution in [0.3, 0.4) is 0 Å². The minimum Gasteiger partial charge on any atom is -0.491 e. The number of benzene rings is 1. The maximum atomic E-state index is 15.3. The lowest BCUT2D eigenvalue weighted by molar-refractivity contribution is -0.0760. The van der Waals surface area contributed by atoms with Crippen LogP contribution in [-0.4, -0.2) is 82.5 Å². The maximum absolute atomic E-state index is 15.3. The molecule has 3 N–H and O–H groups in total. The maximum Gasteiger partial charge on any atom is 0.280 e. The van der Waals surface area contributed by atoms with E-state index in [0.29, 0.717) is 69.9 Å². The zero-order valence-electron chi connectivity index (χ0n) is 23.1. The molecule has 0 radical (unpaired) electrons. The van der Waals surface area contributed by atoms with Crippen LogP contribution in [0.2, 0.25) is 5.02 Å². The number of likely N-dealkylation sites (N-methyl/N-ethyl adjacent to an activating group) is 1. The quantitative estimate of drug-likeness (QED) is 0.318. The van der Waals surface area contributed by atoms with Gasteiger partial charge < -0.3 is 25.0 Å². The lowest BCUT2D eigenvalue weighted by Gasteiger charge is -2.39. The Kier molecular flexibility index (Phi) is 8.28. The molecule has 2 unspecified atom stereocenters. The number of aliphatic hydroxyl groups excluding tert-OH is 1. The van der Waals surface area contributed by atoms with Gasteiger partial charge in [0.25, 0.3) is 5.92 Å². The normalized spacial score (nSPS) is 19.9. The van der Waals surface area contributed by atoms with Crippen LogP contribution in [0.5, 0.6) is 5.75 Å². The summed E-state index contributed by atoms with van der Waals surface area (Å²) in [5.74, 6) is -1.36. The van der Waals surface area contributed by atoms with Crippen LogP contribution in [0.4, 0.5) is 14.6 Å². The Labute approximate surface area is 237 Å². The number of aromatic nitrogens is 3. The molecule has 1 aromatic carbocycles. The van der Waals surface area contributed by atoms with Gasteiger partial charge in [-0.1, -0.05) is 16.8 Å². The third-order valence-electron chi connectivity index (χ3n) is 7.48. The van der Waals surface area contributed by atoms with Crippen molar-refractivity contribution in [3.05, 3.63) is 40.2 Å². The van der Waals surface area contributed by atoms with Gasteiger partial charge in [0.2, 0.25) is 0 Å². The highest BCUT2D eigenvalue weighted by Gasteiger charge is 2.48. The van der Waals surface area contributed by atoms with Gasteiger partial charge in [-0.25, -0.2) is 18.7 Å². The SMILES string of the molecule is CNCC(O)COc1ccc(Cl)c(-c2nc(NC3CCN(C4CC4)CC3(F)F)c(C)c(-c3c(C)noc3C)n2)c1. The van der Waals surface area contributed by atoms with Crippen LogP contribution in [0.15, 0.2) is 22.7 Å². The summed E-state index contributed by atoms with van der Waals surface area (Å²) in [4.78, 5) is 11.4. The number of nitrogens with one attached hydrogen (secondary N) is 2. The molecule has 3 aromatic rings. The van der Waals surface area contributed by atoms with Gasteiger partial charge in [0, 0.05) is 30.3 Å². The summed E-state index contributed by atoms with van der Waals surface area (Å²) in [6.45, 7) is 6.17. The molecule has 12 heteroatoms. The first-order valence-corrected chi connectivity index (χ1v) is 13.9. The molecule has 9 nitrogen and oxygen atoms in total. The fourth-order valence-corrected chi connectivity index (χ4v) is 5.36. The van der Waals surface area contributed by atoms with Crippen molar-refractivity contribution in [2.75, 3.05) is 38.6 Å². The number of rotatable bonds is 10. The molecule has 5 rings (SSSR count). The third kappa shape index (κ3) is 6.07. The smallest absolute Gasteiger partial charge is 0.280 e. The first-order chi connectivity index (χ1) is 19.1. The number of anilines is 1. The number of hydrogen-bond donors (Lipinski definition) is 3. The number of alkyl halides is 2. The Morgan fingerprint density at radius 3 is 2.65 bits per heavy atom. The van der Waals surface area contributed by atoms with Crippen LogP contribution in [0, 0.1) is 20.8 Å². The zero-order valence-corrected chi connectivity index (χ0v) is 23.9. The molecule has 0 spiro atoms. The highest BCUT2D eigenvalue weighted by Crippen LogP contribution is 2.39. The van der Waals surface area contributed by atoms with Gasteiger partial charge >= 0.3 is 0 Å². The molecule has 1 aliphatic heterocycles. The predicted molar refractivity (Wildman–Crippen MR) is 149 cm³/mol. The van der Waals surface area contributed by atoms with E-state index in [-0.39, 0.29) is 25.0 Å². The summed E-state index contributed by atoms with van der Waals surface area (Å²) < 4.78 is 41.8. The largest absolute Gasteiger partial charge is 0.491 e. The van der Waals surface area contributed by atoms with Gasteiger partial charge in [-0.05, 0) is 65.3 Å². The van der Waals surface area contributed by atoms with Crippen LogP contribution in [0.1, 0.15) is 36.3 Å². The number of likely N-dealkylation sites (tertiary alicyclic amines) is 1. The lowest BCUT2D eigenvalue weighted by Crippen LogP contribution is -2.55. The summed E-state index contributed by atoms with van der Waals surface area (Å²) in [5.41, 5.74) is 2.90. The second-order valence-electron chi connectivity index (χ2n) is 10.7. The average Bonchev–Trinajstić information content (AvgIpc) is 3.70. The van der Waals surface area contributed by atoms with E-state index < -0.39 is 18.1 Å². The van der Waals surface area contributed by atoms with Crippen molar-refractivity contribution >= 4 is 17.4 Å². The molecule has 1 saturated heterocycles. The molecule has 2 aromatic heterocycles. The molecule has 0 bridgehead atoms. The molecule has 3 heterocycles. The molecule has 1 saturated carbocycles. The molecule has 40 heavy (non-hydrogen) atoms. The highest BCUT2D eigenvalue weighted by atomic mass is 35.5. The molecule has 2 atom stereocenters. The van der Waals surface area contributed by atoms with E-state index in [1.54, 1.807) is 46.0 Å². The van der Waals surface area contributed by atoms with Gasteiger partial charge in [-0.15, -0.1) is 0 Å². The van der Waals surface area contributed by atoms with Gasteiger partial charge in [0.15, 0.2) is 5.82 Å². The summed E-state index contributed by atoms with van der Waals surface area (Å²) in [6.07, 6.45) is 1.57. The van der Waals surface area contributed by atoms with Crippen molar-refractivity contribution in [3.8, 4) is 28.4 Å². The molecule has 0 amide bonds. The van der Waals surface area contributed by atoms with E-state index in [2.05, 4.69) is 15.8 Å². The summed E-state index contributed by atoms with van der Waals surface area (Å²) in [6, 6.07) is 4.23. The van der Waals surface area contributed by atoms with Crippen LogP contribution < -0.4 is 15.4 Å². The van der Waals surface area contributed by atoms with E-state index >= 15 is 8.78 Å². The minimum absolute atomic E-state index is 0.0719. The molecular weight excluding hydrogens is 542 g/mol. The van der Waals surface area contributed by atoms with E-state index in [1.165, 1.54) is 0 Å². The number of nitrogens with zero attached hydrogens (tertiary/aromatic N) is 4. The van der Waals surface area contributed by atoms with Crippen LogP contribution in [-0.2, 0) is 0 Å². The van der Waals surface area contributed by atoms with Crippen LogP contribution in [0.25, 0.3) is 22.6 Å². The van der Waals surface area contributed by atoms with Crippen molar-refractivity contribution in [3.63, 3.8) is 0 Å². The van der Waals surface area contributed by atoms with E-state index in [0.717, 1.165) is 12.8 Å². The second-order valence-corrected chi connectivity index (χ2v) is 11.1. The molecule has 216 valence electrons. The number of ether oxygens (including phenoxy) is 1. The number of hydrogen-bond acceptors (Lipinski definition) is 9. The van der Waals surface area contributed by atoms with E-state index in [9.17, 15) is 5.11 Å². The van der Waals surface area contributed by atoms with E-state index in [4.69, 9.17) is 30.8 Å². The number of aliphatic hydroxyl groups is 1. The Morgan fingerprint density at radius 2 is 2.00 bits per heavy atom. The van der Waals surface area contributed by atoms with Crippen molar-refractivity contribution < 1.29 is 23.1 Å². The summed E-state index contributed by atoms with van der Waals surface area (Å²) in [7, 11) is 1.74. The van der Waals surface area contributed by atoms with Gasteiger partial charge in [0.05, 0.1) is 34.6 Å². The van der Waals surface area contributed by atoms with Crippen LogP contribution >= 0.6 is 11.6 Å². The molecular formula is C28H35ClF2N6O3. The summed E-state index contributed by atoms with van der Waals surface area (Å²) >= 11 is 6.59. The number of aryl methyl sites for hydroxylation is 2. The lowest BCUT2D eigenvalue weighted by atomic mass is 9.99. The van der Waals surface area contributed by atoms with Gasteiger partial charge in [-0.2, -0.15) is 0 Å². The molecule has 2 fully saturated rings. The fourth-order valence-electron chi connectivity index (χ4n) is 5.15. The predicted octanol–water partition coefficient (Wildman–Crippen LogP) is 4.62. The minimum atomic E-state index is -2.93. The average molecular weight is 577 g/mol.